The minimum Gasteiger partial charge on any atom is -0.493 e. The van der Waals surface area contributed by atoms with Crippen molar-refractivity contribution in [2.24, 2.45) is 0 Å². The van der Waals surface area contributed by atoms with Crippen LogP contribution in [0, 0.1) is 0 Å². The Morgan fingerprint density at radius 2 is 1.66 bits per heavy atom. The summed E-state index contributed by atoms with van der Waals surface area (Å²) in [6.45, 7) is 2.96. The van der Waals surface area contributed by atoms with Crippen LogP contribution in [-0.4, -0.2) is 54.3 Å². The van der Waals surface area contributed by atoms with Gasteiger partial charge in [0.25, 0.3) is 0 Å². The number of thiocarbonyl (C=S) groups is 2. The summed E-state index contributed by atoms with van der Waals surface area (Å²) in [4.78, 5) is 0. The van der Waals surface area contributed by atoms with E-state index in [0.717, 1.165) is 42.1 Å². The van der Waals surface area contributed by atoms with E-state index in [9.17, 15) is 0 Å². The monoisotopic (exact) mass is 474 g/mol. The van der Waals surface area contributed by atoms with Gasteiger partial charge in [0, 0.05) is 31.7 Å². The van der Waals surface area contributed by atoms with Crippen molar-refractivity contribution in [2.45, 2.75) is 19.5 Å². The third kappa shape index (κ3) is 4.76. The summed E-state index contributed by atoms with van der Waals surface area (Å²) in [6.07, 6.45) is 0.968. The molecule has 0 spiro atoms. The Morgan fingerprint density at radius 3 is 2.38 bits per heavy atom. The van der Waals surface area contributed by atoms with Gasteiger partial charge in [-0.1, -0.05) is 18.2 Å². The molecule has 0 saturated carbocycles. The first-order chi connectivity index (χ1) is 15.6. The second kappa shape index (κ2) is 10.1. The van der Waals surface area contributed by atoms with Crippen LogP contribution in [0.3, 0.4) is 0 Å². The molecule has 0 atom stereocenters. The summed E-state index contributed by atoms with van der Waals surface area (Å²) in [5.41, 5.74) is 2.02. The summed E-state index contributed by atoms with van der Waals surface area (Å²) in [7, 11) is 3.26. The predicted molar refractivity (Wildman–Crippen MR) is 129 cm³/mol. The van der Waals surface area contributed by atoms with Crippen LogP contribution in [0.4, 0.5) is 0 Å². The van der Waals surface area contributed by atoms with Crippen molar-refractivity contribution in [1.82, 2.24) is 20.7 Å². The number of benzene rings is 2. The average molecular weight is 475 g/mol. The normalized spacial score (nSPS) is 14.3. The second-order valence-electron chi connectivity index (χ2n) is 7.26. The van der Waals surface area contributed by atoms with Crippen molar-refractivity contribution < 1.29 is 18.9 Å². The number of nitrogens with one attached hydrogen (secondary N) is 2. The Labute approximate surface area is 198 Å². The van der Waals surface area contributed by atoms with Gasteiger partial charge in [0.1, 0.15) is 0 Å². The number of nitrogens with zero attached hydrogens (tertiary/aromatic N) is 2. The lowest BCUT2D eigenvalue weighted by Crippen LogP contribution is -2.51. The van der Waals surface area contributed by atoms with Gasteiger partial charge in [0.05, 0.1) is 14.2 Å². The zero-order valence-corrected chi connectivity index (χ0v) is 19.7. The molecule has 10 heteroatoms. The molecule has 0 aliphatic carbocycles. The minimum atomic E-state index is 0.263. The van der Waals surface area contributed by atoms with E-state index >= 15 is 0 Å². The highest BCUT2D eigenvalue weighted by molar-refractivity contribution is 7.80. The van der Waals surface area contributed by atoms with Crippen LogP contribution in [0.25, 0.3) is 0 Å². The lowest BCUT2D eigenvalue weighted by molar-refractivity contribution is 0.174. The highest BCUT2D eigenvalue weighted by Gasteiger charge is 2.26. The molecule has 170 valence electrons. The van der Waals surface area contributed by atoms with Crippen LogP contribution in [0.1, 0.15) is 17.5 Å². The fraction of sp³-hybridized carbons (Fsp3) is 0.364. The van der Waals surface area contributed by atoms with Crippen LogP contribution in [0.15, 0.2) is 36.4 Å². The van der Waals surface area contributed by atoms with E-state index in [-0.39, 0.29) is 6.79 Å². The zero-order chi connectivity index (χ0) is 22.5. The van der Waals surface area contributed by atoms with E-state index in [0.29, 0.717) is 34.8 Å². The summed E-state index contributed by atoms with van der Waals surface area (Å²) in [6, 6.07) is 11.7. The summed E-state index contributed by atoms with van der Waals surface area (Å²) in [5.74, 6) is 2.92. The van der Waals surface area contributed by atoms with E-state index in [1.165, 1.54) is 0 Å². The second-order valence-corrected chi connectivity index (χ2v) is 8.03. The van der Waals surface area contributed by atoms with Crippen molar-refractivity contribution in [2.75, 3.05) is 34.1 Å². The largest absolute Gasteiger partial charge is 0.493 e. The molecule has 2 N–H and O–H groups in total. The van der Waals surface area contributed by atoms with Crippen LogP contribution in [0.2, 0.25) is 0 Å². The van der Waals surface area contributed by atoms with Crippen molar-refractivity contribution in [3.63, 3.8) is 0 Å². The number of hydrazine groups is 1. The van der Waals surface area contributed by atoms with E-state index in [1.807, 2.05) is 46.4 Å². The summed E-state index contributed by atoms with van der Waals surface area (Å²) < 4.78 is 21.7. The molecule has 1 saturated heterocycles. The molecular formula is C22H26N4O4S2. The number of methoxy groups -OCH3 is 2. The number of ether oxygens (including phenoxy) is 4. The third-order valence-corrected chi connectivity index (χ3v) is 6.01. The number of hydrogen-bond acceptors (Lipinski definition) is 6. The van der Waals surface area contributed by atoms with Crippen LogP contribution >= 0.6 is 24.4 Å². The molecule has 0 amide bonds. The molecular weight excluding hydrogens is 448 g/mol. The minimum absolute atomic E-state index is 0.263. The van der Waals surface area contributed by atoms with Gasteiger partial charge in [-0.3, -0.25) is 10.0 Å². The van der Waals surface area contributed by atoms with Crippen LogP contribution in [-0.2, 0) is 13.1 Å². The first-order valence-electron chi connectivity index (χ1n) is 10.3. The summed E-state index contributed by atoms with van der Waals surface area (Å²) >= 11 is 11.3. The van der Waals surface area contributed by atoms with Crippen molar-refractivity contribution in [3.05, 3.63) is 47.5 Å². The maximum atomic E-state index is 5.66. The molecule has 32 heavy (non-hydrogen) atoms. The Kier molecular flexibility index (Phi) is 7.01. The molecule has 4 rings (SSSR count). The number of hydrogen-bond donors (Lipinski definition) is 2. The molecule has 2 aliphatic rings. The number of fused-ring (bicyclic) bond motifs is 1. The van der Waals surface area contributed by atoms with Gasteiger partial charge < -0.3 is 29.6 Å². The predicted octanol–water partition coefficient (Wildman–Crippen LogP) is 2.80. The highest BCUT2D eigenvalue weighted by Crippen LogP contribution is 2.32. The molecule has 0 aromatic heterocycles. The van der Waals surface area contributed by atoms with Gasteiger partial charge in [-0.25, -0.2) is 0 Å². The molecule has 2 aromatic carbocycles. The molecule has 1 fully saturated rings. The lowest BCUT2D eigenvalue weighted by Gasteiger charge is -2.32. The van der Waals surface area contributed by atoms with Gasteiger partial charge in [-0.2, -0.15) is 0 Å². The molecule has 8 nitrogen and oxygen atoms in total. The van der Waals surface area contributed by atoms with Crippen LogP contribution < -0.4 is 29.6 Å². The van der Waals surface area contributed by atoms with Crippen LogP contribution in [0.5, 0.6) is 23.0 Å². The topological polar surface area (TPSA) is 67.5 Å². The Balaban J connectivity index is 1.33. The van der Waals surface area contributed by atoms with Crippen molar-refractivity contribution in [1.29, 1.82) is 0 Å². The Morgan fingerprint density at radius 1 is 0.938 bits per heavy atom. The first kappa shape index (κ1) is 22.2. The van der Waals surface area contributed by atoms with Gasteiger partial charge in [0.2, 0.25) is 6.79 Å². The van der Waals surface area contributed by atoms with E-state index < -0.39 is 0 Å². The number of rotatable bonds is 6. The smallest absolute Gasteiger partial charge is 0.231 e. The van der Waals surface area contributed by atoms with Gasteiger partial charge >= 0.3 is 0 Å². The average Bonchev–Trinajstić information content (AvgIpc) is 3.50. The quantitative estimate of drug-likeness (QED) is 0.611. The molecule has 2 heterocycles. The standard InChI is InChI=1S/C22H26N4O4S2/c1-27-18-6-3-5-16(20(18)28-2)13-24-22(32)26-10-4-9-25(26)21(31)23-12-15-7-8-17-19(11-15)30-14-29-17/h3,5-8,11H,4,9-10,12-14H2,1-2H3,(H,23,31)(H,24,32). The fourth-order valence-electron chi connectivity index (χ4n) is 3.71. The highest BCUT2D eigenvalue weighted by atomic mass is 32.1. The SMILES string of the molecule is COc1cccc(CNC(=S)N2CCCN2C(=S)NCc2ccc3c(c2)OCO3)c1OC. The maximum Gasteiger partial charge on any atom is 0.231 e. The maximum absolute atomic E-state index is 5.66. The first-order valence-corrected chi connectivity index (χ1v) is 11.1. The van der Waals surface area contributed by atoms with Gasteiger partial charge in [-0.05, 0) is 54.6 Å². The van der Waals surface area contributed by atoms with Crippen molar-refractivity contribution in [3.8, 4) is 23.0 Å². The summed E-state index contributed by atoms with van der Waals surface area (Å²) in [5, 5.41) is 11.9. The molecule has 0 radical (unpaired) electrons. The zero-order valence-electron chi connectivity index (χ0n) is 18.1. The molecule has 2 aliphatic heterocycles. The molecule has 0 unspecified atom stereocenters. The van der Waals surface area contributed by atoms with E-state index in [4.69, 9.17) is 43.4 Å². The Hall–Kier alpha value is -2.98. The Bertz CT molecular complexity index is 1000. The van der Waals surface area contributed by atoms with Crippen molar-refractivity contribution >= 4 is 34.7 Å². The van der Waals surface area contributed by atoms with E-state index in [2.05, 4.69) is 10.6 Å². The van der Waals surface area contributed by atoms with E-state index in [1.54, 1.807) is 14.2 Å². The van der Waals surface area contributed by atoms with Gasteiger partial charge in [-0.15, -0.1) is 0 Å². The third-order valence-electron chi connectivity index (χ3n) is 5.30. The molecule has 2 aromatic rings. The lowest BCUT2D eigenvalue weighted by atomic mass is 10.2. The van der Waals surface area contributed by atoms with Gasteiger partial charge in [0.15, 0.2) is 33.2 Å². The number of para-hydroxylation sites is 1. The molecule has 0 bridgehead atoms. The fourth-order valence-corrected chi connectivity index (χ4v) is 4.23.